The smallest absolute Gasteiger partial charge is 0.165 e. The van der Waals surface area contributed by atoms with Crippen LogP contribution < -0.4 is 5.32 Å². The highest BCUT2D eigenvalue weighted by atomic mass is 79.9. The summed E-state index contributed by atoms with van der Waals surface area (Å²) in [6.45, 7) is 1.84. The largest absolute Gasteiger partial charge is 0.508 e. The first-order valence-corrected chi connectivity index (χ1v) is 10.2. The van der Waals surface area contributed by atoms with Crippen LogP contribution in [-0.2, 0) is 0 Å². The highest BCUT2D eigenvalue weighted by Gasteiger charge is 2.18. The van der Waals surface area contributed by atoms with Crippen molar-refractivity contribution in [1.29, 1.82) is 0 Å². The topological polar surface area (TPSA) is 66.4 Å². The summed E-state index contributed by atoms with van der Waals surface area (Å²) in [6.07, 6.45) is 0.715. The third-order valence-corrected chi connectivity index (χ3v) is 5.25. The molecule has 2 N–H and O–H groups in total. The fraction of sp³-hybridized carbons (Fsp3) is 0.167. The molecule has 0 aliphatic heterocycles. The molecular weight excluding hydrogens is 430 g/mol. The summed E-state index contributed by atoms with van der Waals surface area (Å²) in [5.74, 6) is 0.284. The van der Waals surface area contributed by atoms with E-state index in [0.717, 1.165) is 15.7 Å². The average Bonchev–Trinajstić information content (AvgIpc) is 2.74. The first-order valence-electron chi connectivity index (χ1n) is 9.43. The molecule has 3 aromatic carbocycles. The van der Waals surface area contributed by atoms with Crippen molar-refractivity contribution in [3.8, 4) is 5.75 Å². The molecular formula is C24H22BrNO3. The van der Waals surface area contributed by atoms with E-state index >= 15 is 0 Å². The van der Waals surface area contributed by atoms with Gasteiger partial charge in [0.1, 0.15) is 5.75 Å². The maximum Gasteiger partial charge on any atom is 0.165 e. The second-order valence-electron chi connectivity index (χ2n) is 6.78. The van der Waals surface area contributed by atoms with Crippen molar-refractivity contribution in [2.45, 2.75) is 25.8 Å². The lowest BCUT2D eigenvalue weighted by molar-refractivity contribution is 0.0972. The molecule has 0 fully saturated rings. The Morgan fingerprint density at radius 1 is 0.862 bits per heavy atom. The van der Waals surface area contributed by atoms with Crippen molar-refractivity contribution in [2.24, 2.45) is 0 Å². The van der Waals surface area contributed by atoms with Gasteiger partial charge in [-0.15, -0.1) is 0 Å². The Morgan fingerprint density at radius 3 is 2.00 bits per heavy atom. The number of hydrogen-bond acceptors (Lipinski definition) is 4. The van der Waals surface area contributed by atoms with Crippen molar-refractivity contribution in [1.82, 2.24) is 0 Å². The van der Waals surface area contributed by atoms with Crippen LogP contribution in [0.4, 0.5) is 5.69 Å². The summed E-state index contributed by atoms with van der Waals surface area (Å²) in [7, 11) is 0. The van der Waals surface area contributed by atoms with Gasteiger partial charge in [-0.1, -0.05) is 47.1 Å². The van der Waals surface area contributed by atoms with Crippen LogP contribution in [0.15, 0.2) is 77.3 Å². The highest BCUT2D eigenvalue weighted by molar-refractivity contribution is 9.10. The van der Waals surface area contributed by atoms with E-state index in [2.05, 4.69) is 21.2 Å². The van der Waals surface area contributed by atoms with Gasteiger partial charge in [0.15, 0.2) is 11.6 Å². The van der Waals surface area contributed by atoms with E-state index in [1.165, 1.54) is 0 Å². The molecule has 29 heavy (non-hydrogen) atoms. The lowest BCUT2D eigenvalue weighted by atomic mass is 9.97. The van der Waals surface area contributed by atoms with Crippen LogP contribution in [0.25, 0.3) is 0 Å². The number of anilines is 1. The molecule has 0 spiro atoms. The van der Waals surface area contributed by atoms with Crippen molar-refractivity contribution in [3.63, 3.8) is 0 Å². The number of carbonyl (C=O) groups is 2. The van der Waals surface area contributed by atoms with Crippen LogP contribution in [0.1, 0.15) is 52.1 Å². The van der Waals surface area contributed by atoms with E-state index in [-0.39, 0.29) is 29.8 Å². The monoisotopic (exact) mass is 451 g/mol. The Labute approximate surface area is 178 Å². The van der Waals surface area contributed by atoms with Gasteiger partial charge >= 0.3 is 0 Å². The minimum atomic E-state index is -0.278. The van der Waals surface area contributed by atoms with Crippen LogP contribution in [0.5, 0.6) is 5.75 Å². The van der Waals surface area contributed by atoms with E-state index < -0.39 is 0 Å². The quantitative estimate of drug-likeness (QED) is 0.401. The van der Waals surface area contributed by atoms with Crippen molar-refractivity contribution >= 4 is 33.2 Å². The first-order chi connectivity index (χ1) is 14.0. The zero-order chi connectivity index (χ0) is 20.8. The number of ketones is 2. The molecule has 1 atom stereocenters. The van der Waals surface area contributed by atoms with Gasteiger partial charge in [-0.25, -0.2) is 0 Å². The first kappa shape index (κ1) is 20.8. The minimum Gasteiger partial charge on any atom is -0.508 e. The molecule has 148 valence electrons. The summed E-state index contributed by atoms with van der Waals surface area (Å²) in [5, 5.41) is 13.0. The van der Waals surface area contributed by atoms with Gasteiger partial charge in [0.2, 0.25) is 0 Å². The summed E-state index contributed by atoms with van der Waals surface area (Å²) >= 11 is 3.38. The molecule has 3 rings (SSSR count). The van der Waals surface area contributed by atoms with Crippen LogP contribution in [0.3, 0.4) is 0 Å². The molecule has 0 saturated carbocycles. The molecule has 0 aliphatic carbocycles. The normalized spacial score (nSPS) is 11.7. The van der Waals surface area contributed by atoms with E-state index in [4.69, 9.17) is 0 Å². The SMILES string of the molecule is CCC(=O)c1ccc(NC(CC(=O)c2ccc(Br)cc2)c2ccc(O)cc2)cc1. The molecule has 0 amide bonds. The van der Waals surface area contributed by atoms with Gasteiger partial charge in [0.25, 0.3) is 0 Å². The lowest BCUT2D eigenvalue weighted by Crippen LogP contribution is -2.16. The van der Waals surface area contributed by atoms with Crippen molar-refractivity contribution < 1.29 is 14.7 Å². The Kier molecular flexibility index (Phi) is 6.83. The second kappa shape index (κ2) is 9.52. The predicted molar refractivity (Wildman–Crippen MR) is 119 cm³/mol. The molecule has 5 heteroatoms. The third-order valence-electron chi connectivity index (χ3n) is 4.72. The number of hydrogen-bond donors (Lipinski definition) is 2. The Bertz CT molecular complexity index is 980. The van der Waals surface area contributed by atoms with Gasteiger partial charge in [0.05, 0.1) is 6.04 Å². The molecule has 0 aliphatic rings. The maximum absolute atomic E-state index is 12.8. The van der Waals surface area contributed by atoms with Crippen molar-refractivity contribution in [2.75, 3.05) is 5.32 Å². The number of nitrogens with one attached hydrogen (secondary N) is 1. The zero-order valence-electron chi connectivity index (χ0n) is 16.1. The Morgan fingerprint density at radius 2 is 1.41 bits per heavy atom. The summed E-state index contributed by atoms with van der Waals surface area (Å²) in [6, 6.07) is 21.1. The molecule has 0 saturated heterocycles. The number of carbonyl (C=O) groups excluding carboxylic acids is 2. The Hall–Kier alpha value is -2.92. The molecule has 4 nitrogen and oxygen atoms in total. The van der Waals surface area contributed by atoms with Crippen LogP contribution in [-0.4, -0.2) is 16.7 Å². The lowest BCUT2D eigenvalue weighted by Gasteiger charge is -2.20. The average molecular weight is 452 g/mol. The molecule has 0 bridgehead atoms. The van der Waals surface area contributed by atoms with Crippen LogP contribution >= 0.6 is 15.9 Å². The second-order valence-corrected chi connectivity index (χ2v) is 7.69. The fourth-order valence-corrected chi connectivity index (χ4v) is 3.32. The van der Waals surface area contributed by atoms with E-state index in [0.29, 0.717) is 17.5 Å². The molecule has 0 radical (unpaired) electrons. The zero-order valence-corrected chi connectivity index (χ0v) is 17.6. The van der Waals surface area contributed by atoms with Gasteiger partial charge < -0.3 is 10.4 Å². The molecule has 3 aromatic rings. The van der Waals surface area contributed by atoms with Gasteiger partial charge in [-0.3, -0.25) is 9.59 Å². The summed E-state index contributed by atoms with van der Waals surface area (Å²) in [4.78, 5) is 24.7. The number of halogens is 1. The number of phenolic OH excluding ortho intramolecular Hbond substituents is 1. The standard InChI is InChI=1S/C24H22BrNO3/c1-2-23(28)17-5-11-20(12-6-17)26-22(16-7-13-21(27)14-8-16)15-24(29)18-3-9-19(25)10-4-18/h3-14,22,26-27H,2,15H2,1H3. The predicted octanol–water partition coefficient (Wildman–Crippen LogP) is 6.17. The molecule has 0 aromatic heterocycles. The highest BCUT2D eigenvalue weighted by Crippen LogP contribution is 2.27. The summed E-state index contributed by atoms with van der Waals surface area (Å²) < 4.78 is 0.920. The number of phenols is 1. The van der Waals surface area contributed by atoms with E-state index in [9.17, 15) is 14.7 Å². The van der Waals surface area contributed by atoms with Gasteiger partial charge in [0, 0.05) is 34.1 Å². The van der Waals surface area contributed by atoms with Crippen LogP contribution in [0.2, 0.25) is 0 Å². The minimum absolute atomic E-state index is 0.0147. The summed E-state index contributed by atoms with van der Waals surface area (Å²) in [5.41, 5.74) is 3.02. The van der Waals surface area contributed by atoms with E-state index in [1.54, 1.807) is 48.5 Å². The van der Waals surface area contributed by atoms with E-state index in [1.807, 2.05) is 31.2 Å². The van der Waals surface area contributed by atoms with Crippen LogP contribution in [0, 0.1) is 0 Å². The molecule has 0 heterocycles. The maximum atomic E-state index is 12.8. The third kappa shape index (κ3) is 5.55. The molecule has 1 unspecified atom stereocenters. The fourth-order valence-electron chi connectivity index (χ4n) is 3.06. The van der Waals surface area contributed by atoms with Gasteiger partial charge in [-0.05, 0) is 54.1 Å². The number of benzene rings is 3. The number of Topliss-reactive ketones (excluding diaryl/α,β-unsaturated/α-hetero) is 2. The Balaban J connectivity index is 1.83. The number of aromatic hydroxyl groups is 1. The van der Waals surface area contributed by atoms with Gasteiger partial charge in [-0.2, -0.15) is 0 Å². The van der Waals surface area contributed by atoms with Crippen molar-refractivity contribution in [3.05, 3.63) is 94.0 Å². The number of rotatable bonds is 8.